The molecule has 8 rings (SSSR count). The first-order chi connectivity index (χ1) is 28.6. The number of hydrazine groups is 1. The Hall–Kier alpha value is -5.90. The molecule has 0 spiro atoms. The molecule has 2 unspecified atom stereocenters. The first-order valence-electron chi connectivity index (χ1n) is 20.5. The highest BCUT2D eigenvalue weighted by Gasteiger charge is 2.29. The van der Waals surface area contributed by atoms with Gasteiger partial charge in [0.05, 0.1) is 12.2 Å². The molecule has 5 N–H and O–H groups in total. The van der Waals surface area contributed by atoms with Gasteiger partial charge in [0.15, 0.2) is 11.6 Å². The Morgan fingerprint density at radius 2 is 1.75 bits per heavy atom. The fourth-order valence-electron chi connectivity index (χ4n) is 8.34. The Morgan fingerprint density at radius 3 is 2.53 bits per heavy atom. The second-order valence-electron chi connectivity index (χ2n) is 15.8. The first kappa shape index (κ1) is 39.9. The van der Waals surface area contributed by atoms with E-state index in [4.69, 9.17) is 10.5 Å². The van der Waals surface area contributed by atoms with Crippen molar-refractivity contribution in [1.29, 1.82) is 0 Å². The van der Waals surface area contributed by atoms with Crippen LogP contribution in [0.3, 0.4) is 0 Å². The third-order valence-electron chi connectivity index (χ3n) is 11.7. The van der Waals surface area contributed by atoms with Crippen LogP contribution in [0.1, 0.15) is 60.2 Å². The van der Waals surface area contributed by atoms with Gasteiger partial charge in [0.1, 0.15) is 18.0 Å². The van der Waals surface area contributed by atoms with E-state index in [1.807, 2.05) is 31.2 Å². The van der Waals surface area contributed by atoms with Gasteiger partial charge >= 0.3 is 0 Å². The molecule has 0 aliphatic carbocycles. The SMILES string of the molecule is CC(Oc1cc(-c2cccc(CN3CCN(CC4CCN(c5cccc(C(=O)NC6CCC(=O)NC6=O)c5)CC4)CC3)c2)cnc1N)c1cc(F)ccc1N1N=CCN1. The van der Waals surface area contributed by atoms with Crippen LogP contribution in [0.5, 0.6) is 5.75 Å². The summed E-state index contributed by atoms with van der Waals surface area (Å²) in [4.78, 5) is 48.5. The number of carbonyl (C=O) groups excluding carboxylic acids is 3. The molecule has 14 nitrogen and oxygen atoms in total. The van der Waals surface area contributed by atoms with Crippen molar-refractivity contribution in [2.45, 2.75) is 51.3 Å². The molecule has 3 fully saturated rings. The van der Waals surface area contributed by atoms with Crippen molar-refractivity contribution in [1.82, 2.24) is 30.8 Å². The molecule has 59 heavy (non-hydrogen) atoms. The van der Waals surface area contributed by atoms with Crippen molar-refractivity contribution in [3.05, 3.63) is 102 Å². The lowest BCUT2D eigenvalue weighted by molar-refractivity contribution is -0.134. The van der Waals surface area contributed by atoms with Crippen LogP contribution in [0, 0.1) is 11.7 Å². The molecule has 3 amide bonds. The summed E-state index contributed by atoms with van der Waals surface area (Å²) in [5, 5.41) is 11.0. The summed E-state index contributed by atoms with van der Waals surface area (Å²) in [6, 6.07) is 21.8. The second kappa shape index (κ2) is 17.9. The minimum absolute atomic E-state index is 0.220. The van der Waals surface area contributed by atoms with Gasteiger partial charge < -0.3 is 25.6 Å². The van der Waals surface area contributed by atoms with E-state index in [9.17, 15) is 18.8 Å². The number of carbonyl (C=O) groups is 3. The summed E-state index contributed by atoms with van der Waals surface area (Å²) >= 11 is 0. The molecule has 3 aromatic carbocycles. The van der Waals surface area contributed by atoms with Gasteiger partial charge in [-0.15, -0.1) is 0 Å². The zero-order valence-corrected chi connectivity index (χ0v) is 33.3. The van der Waals surface area contributed by atoms with Gasteiger partial charge in [-0.2, -0.15) is 10.2 Å². The van der Waals surface area contributed by atoms with E-state index in [1.165, 1.54) is 17.7 Å². The first-order valence-corrected chi connectivity index (χ1v) is 20.5. The number of benzene rings is 3. The maximum absolute atomic E-state index is 14.4. The molecule has 4 aromatic rings. The van der Waals surface area contributed by atoms with E-state index in [0.717, 1.165) is 82.0 Å². The van der Waals surface area contributed by atoms with E-state index in [0.29, 0.717) is 41.4 Å². The Labute approximate surface area is 343 Å². The van der Waals surface area contributed by atoms with Crippen LogP contribution >= 0.6 is 0 Å². The summed E-state index contributed by atoms with van der Waals surface area (Å²) in [6.45, 7) is 10.3. The number of ether oxygens (including phenoxy) is 1. The van der Waals surface area contributed by atoms with Gasteiger partial charge in [-0.25, -0.2) is 14.8 Å². The minimum Gasteiger partial charge on any atom is -0.482 e. The van der Waals surface area contributed by atoms with Crippen LogP contribution in [0.4, 0.5) is 21.6 Å². The number of hydrogen-bond donors (Lipinski definition) is 4. The molecular weight excluding hydrogens is 752 g/mol. The zero-order chi connectivity index (χ0) is 40.9. The molecule has 4 aliphatic rings. The summed E-state index contributed by atoms with van der Waals surface area (Å²) in [5.74, 6) is -0.122. The number of hydrogen-bond acceptors (Lipinski definition) is 12. The molecule has 4 aliphatic heterocycles. The van der Waals surface area contributed by atoms with Crippen LogP contribution < -0.4 is 36.5 Å². The van der Waals surface area contributed by atoms with Gasteiger partial charge in [-0.05, 0) is 91.8 Å². The van der Waals surface area contributed by atoms with Gasteiger partial charge in [0, 0.05) is 93.6 Å². The summed E-state index contributed by atoms with van der Waals surface area (Å²) in [7, 11) is 0. The molecular formula is C44H51FN10O4. The average Bonchev–Trinajstić information content (AvgIpc) is 3.79. The number of amides is 3. The second-order valence-corrected chi connectivity index (χ2v) is 15.8. The number of piperidine rings is 2. The summed E-state index contributed by atoms with van der Waals surface area (Å²) in [5.41, 5.74) is 15.4. The van der Waals surface area contributed by atoms with Crippen LogP contribution in [-0.4, -0.2) is 97.1 Å². The van der Waals surface area contributed by atoms with Crippen molar-refractivity contribution in [2.24, 2.45) is 11.0 Å². The number of pyridine rings is 1. The molecule has 5 heterocycles. The number of nitrogens with one attached hydrogen (secondary N) is 3. The fraction of sp³-hybridized carbons (Fsp3) is 0.386. The topological polar surface area (TPSA) is 161 Å². The smallest absolute Gasteiger partial charge is 0.252 e. The number of nitrogen functional groups attached to an aromatic ring is 1. The zero-order valence-electron chi connectivity index (χ0n) is 33.3. The monoisotopic (exact) mass is 802 g/mol. The molecule has 3 saturated heterocycles. The van der Waals surface area contributed by atoms with Crippen molar-refractivity contribution < 1.29 is 23.5 Å². The fourth-order valence-corrected chi connectivity index (χ4v) is 8.34. The van der Waals surface area contributed by atoms with E-state index >= 15 is 0 Å². The third kappa shape index (κ3) is 9.70. The molecule has 2 atom stereocenters. The Bertz CT molecular complexity index is 2200. The standard InChI is InChI=1S/C44H51FN10O4/c1-29(37-25-35(45)8-10-39(37)55-48-14-15-49-55)59-40-24-34(26-47-42(40)46)32-5-2-4-31(22-32)28-53-20-18-52(19-21-53)27-30-12-16-54(17-13-30)36-7-3-6-33(23-36)43(57)50-38-9-11-41(56)51-44(38)58/h2-8,10,14,22-26,29-30,38,49H,9,11-13,15-21,27-28H2,1H3,(H2,46,47)(H,50,57)(H,51,56,58). The highest BCUT2D eigenvalue weighted by atomic mass is 19.1. The molecule has 0 bridgehead atoms. The van der Waals surface area contributed by atoms with Crippen molar-refractivity contribution in [3.8, 4) is 16.9 Å². The number of piperazine rings is 1. The van der Waals surface area contributed by atoms with E-state index in [1.54, 1.807) is 29.7 Å². The minimum atomic E-state index is -0.698. The molecule has 308 valence electrons. The maximum Gasteiger partial charge on any atom is 0.252 e. The molecule has 0 radical (unpaired) electrons. The van der Waals surface area contributed by atoms with Crippen LogP contribution in [0.15, 0.2) is 84.1 Å². The Kier molecular flexibility index (Phi) is 12.1. The Balaban J connectivity index is 0.806. The van der Waals surface area contributed by atoms with E-state index in [2.05, 4.69) is 65.1 Å². The number of nitrogens with two attached hydrogens (primary N) is 1. The predicted octanol–water partition coefficient (Wildman–Crippen LogP) is 4.49. The van der Waals surface area contributed by atoms with Crippen LogP contribution in [-0.2, 0) is 16.1 Å². The number of hydrazone groups is 1. The number of anilines is 3. The summed E-state index contributed by atoms with van der Waals surface area (Å²) < 4.78 is 20.7. The lowest BCUT2D eigenvalue weighted by atomic mass is 9.95. The van der Waals surface area contributed by atoms with Crippen molar-refractivity contribution in [3.63, 3.8) is 0 Å². The molecule has 0 saturated carbocycles. The summed E-state index contributed by atoms with van der Waals surface area (Å²) in [6.07, 6.45) is 5.67. The van der Waals surface area contributed by atoms with E-state index in [-0.39, 0.29) is 29.9 Å². The van der Waals surface area contributed by atoms with Crippen molar-refractivity contribution in [2.75, 3.05) is 68.1 Å². The predicted molar refractivity (Wildman–Crippen MR) is 225 cm³/mol. The molecule has 1 aromatic heterocycles. The molecule has 15 heteroatoms. The quantitative estimate of drug-likeness (QED) is 0.150. The van der Waals surface area contributed by atoms with Crippen LogP contribution in [0.25, 0.3) is 11.1 Å². The normalized spacial score (nSPS) is 19.8. The number of imide groups is 1. The number of rotatable bonds is 12. The number of nitrogens with zero attached hydrogens (tertiary/aromatic N) is 6. The third-order valence-corrected chi connectivity index (χ3v) is 11.7. The Morgan fingerprint density at radius 1 is 0.949 bits per heavy atom. The van der Waals surface area contributed by atoms with Gasteiger partial charge in [-0.3, -0.25) is 24.6 Å². The lowest BCUT2D eigenvalue weighted by Gasteiger charge is -2.39. The van der Waals surface area contributed by atoms with Crippen molar-refractivity contribution >= 4 is 41.1 Å². The highest BCUT2D eigenvalue weighted by Crippen LogP contribution is 2.35. The lowest BCUT2D eigenvalue weighted by Crippen LogP contribution is -2.52. The van der Waals surface area contributed by atoms with Crippen LogP contribution in [0.2, 0.25) is 0 Å². The van der Waals surface area contributed by atoms with Gasteiger partial charge in [0.25, 0.3) is 5.91 Å². The van der Waals surface area contributed by atoms with Gasteiger partial charge in [0.2, 0.25) is 11.8 Å². The van der Waals surface area contributed by atoms with E-state index < -0.39 is 18.1 Å². The largest absolute Gasteiger partial charge is 0.482 e. The highest BCUT2D eigenvalue weighted by molar-refractivity contribution is 6.04. The maximum atomic E-state index is 14.4. The van der Waals surface area contributed by atoms with Gasteiger partial charge in [-0.1, -0.05) is 24.3 Å². The number of halogens is 1. The number of aromatic nitrogens is 1. The average molecular weight is 803 g/mol.